The number of hydrogen-bond donors (Lipinski definition) is 2. The van der Waals surface area contributed by atoms with Gasteiger partial charge in [0.15, 0.2) is 5.11 Å². The predicted octanol–water partition coefficient (Wildman–Crippen LogP) is 1.53. The Morgan fingerprint density at radius 1 is 1.29 bits per heavy atom. The second-order valence-corrected chi connectivity index (χ2v) is 4.43. The highest BCUT2D eigenvalue weighted by Crippen LogP contribution is 1.90. The molecule has 0 amide bonds. The first kappa shape index (κ1) is 13.7. The summed E-state index contributed by atoms with van der Waals surface area (Å²) in [5.41, 5.74) is 0. The molecule has 4 heteroatoms. The average Bonchev–Trinajstić information content (AvgIpc) is 2.01. The molecule has 0 atom stereocenters. The molecule has 0 aromatic heterocycles. The van der Waals surface area contributed by atoms with E-state index in [2.05, 4.69) is 38.3 Å². The van der Waals surface area contributed by atoms with Crippen LogP contribution in [0.2, 0.25) is 0 Å². The third-order valence-electron chi connectivity index (χ3n) is 1.40. The average molecular weight is 218 g/mol. The summed E-state index contributed by atoms with van der Waals surface area (Å²) in [6.07, 6.45) is 0. The summed E-state index contributed by atoms with van der Waals surface area (Å²) >= 11 is 5.05. The van der Waals surface area contributed by atoms with Gasteiger partial charge in [0.2, 0.25) is 0 Å². The van der Waals surface area contributed by atoms with E-state index >= 15 is 0 Å². The van der Waals surface area contributed by atoms with Gasteiger partial charge in [-0.05, 0) is 32.0 Å². The fourth-order valence-corrected chi connectivity index (χ4v) is 1.21. The topological polar surface area (TPSA) is 33.3 Å². The van der Waals surface area contributed by atoms with Crippen molar-refractivity contribution in [2.75, 3.05) is 19.8 Å². The monoisotopic (exact) mass is 218 g/mol. The maximum absolute atomic E-state index is 5.40. The SMILES string of the molecule is CC(C)COCCNC(=S)NC(C)C. The highest BCUT2D eigenvalue weighted by Gasteiger charge is 1.97. The van der Waals surface area contributed by atoms with Crippen LogP contribution in [-0.2, 0) is 4.74 Å². The van der Waals surface area contributed by atoms with E-state index in [1.165, 1.54) is 0 Å². The number of ether oxygens (including phenoxy) is 1. The summed E-state index contributed by atoms with van der Waals surface area (Å²) < 4.78 is 5.40. The lowest BCUT2D eigenvalue weighted by Gasteiger charge is -2.13. The van der Waals surface area contributed by atoms with E-state index in [9.17, 15) is 0 Å². The van der Waals surface area contributed by atoms with Gasteiger partial charge in [0.25, 0.3) is 0 Å². The molecule has 0 aromatic rings. The Kier molecular flexibility index (Phi) is 7.80. The van der Waals surface area contributed by atoms with Crippen molar-refractivity contribution >= 4 is 17.3 Å². The van der Waals surface area contributed by atoms with E-state index in [0.29, 0.717) is 23.7 Å². The molecule has 0 spiro atoms. The lowest BCUT2D eigenvalue weighted by atomic mass is 10.2. The Labute approximate surface area is 92.6 Å². The molecule has 0 unspecified atom stereocenters. The van der Waals surface area contributed by atoms with Crippen LogP contribution < -0.4 is 10.6 Å². The molecule has 2 N–H and O–H groups in total. The molecule has 0 aliphatic carbocycles. The first-order chi connectivity index (χ1) is 6.52. The molecular formula is C10H22N2OS. The predicted molar refractivity (Wildman–Crippen MR) is 64.5 cm³/mol. The van der Waals surface area contributed by atoms with E-state index in [-0.39, 0.29) is 0 Å². The Bertz CT molecular complexity index is 160. The number of hydrogen-bond acceptors (Lipinski definition) is 2. The zero-order chi connectivity index (χ0) is 11.0. The van der Waals surface area contributed by atoms with Gasteiger partial charge in [-0.25, -0.2) is 0 Å². The third-order valence-corrected chi connectivity index (χ3v) is 1.67. The summed E-state index contributed by atoms with van der Waals surface area (Å²) in [4.78, 5) is 0. The lowest BCUT2D eigenvalue weighted by molar-refractivity contribution is 0.114. The smallest absolute Gasteiger partial charge is 0.166 e. The zero-order valence-electron chi connectivity index (χ0n) is 9.59. The van der Waals surface area contributed by atoms with Gasteiger partial charge in [0, 0.05) is 19.2 Å². The summed E-state index contributed by atoms with van der Waals surface area (Å²) in [5, 5.41) is 6.89. The lowest BCUT2D eigenvalue weighted by Crippen LogP contribution is -2.40. The fourth-order valence-electron chi connectivity index (χ4n) is 0.869. The molecule has 0 heterocycles. The molecule has 0 rings (SSSR count). The van der Waals surface area contributed by atoms with Gasteiger partial charge < -0.3 is 15.4 Å². The minimum absolute atomic E-state index is 0.381. The van der Waals surface area contributed by atoms with Crippen molar-refractivity contribution in [1.29, 1.82) is 0 Å². The molecule has 0 fully saturated rings. The first-order valence-electron chi connectivity index (χ1n) is 5.14. The van der Waals surface area contributed by atoms with Crippen LogP contribution in [-0.4, -0.2) is 30.9 Å². The molecule has 0 aliphatic heterocycles. The second-order valence-electron chi connectivity index (χ2n) is 4.02. The van der Waals surface area contributed by atoms with E-state index in [1.54, 1.807) is 0 Å². The van der Waals surface area contributed by atoms with Gasteiger partial charge in [-0.3, -0.25) is 0 Å². The molecule has 84 valence electrons. The fraction of sp³-hybridized carbons (Fsp3) is 0.900. The van der Waals surface area contributed by atoms with Gasteiger partial charge in [-0.2, -0.15) is 0 Å². The molecule has 0 bridgehead atoms. The van der Waals surface area contributed by atoms with Crippen LogP contribution in [0.15, 0.2) is 0 Å². The Morgan fingerprint density at radius 2 is 1.93 bits per heavy atom. The summed E-state index contributed by atoms with van der Waals surface area (Å²) in [6, 6.07) is 0.381. The van der Waals surface area contributed by atoms with Crippen molar-refractivity contribution in [2.24, 2.45) is 5.92 Å². The van der Waals surface area contributed by atoms with Crippen molar-refractivity contribution in [1.82, 2.24) is 10.6 Å². The van der Waals surface area contributed by atoms with Gasteiger partial charge in [-0.1, -0.05) is 13.8 Å². The Hall–Kier alpha value is -0.350. The van der Waals surface area contributed by atoms with Crippen LogP contribution in [0.5, 0.6) is 0 Å². The van der Waals surface area contributed by atoms with Gasteiger partial charge in [0.05, 0.1) is 6.61 Å². The standard InChI is InChI=1S/C10H22N2OS/c1-8(2)7-13-6-5-11-10(14)12-9(3)4/h8-9H,5-7H2,1-4H3,(H2,11,12,14). The first-order valence-corrected chi connectivity index (χ1v) is 5.55. The molecule has 3 nitrogen and oxygen atoms in total. The summed E-state index contributed by atoms with van der Waals surface area (Å²) in [6.45, 7) is 10.7. The summed E-state index contributed by atoms with van der Waals surface area (Å²) in [5.74, 6) is 0.593. The van der Waals surface area contributed by atoms with E-state index in [4.69, 9.17) is 17.0 Å². The van der Waals surface area contributed by atoms with Crippen molar-refractivity contribution < 1.29 is 4.74 Å². The molecule has 0 radical (unpaired) electrons. The normalized spacial score (nSPS) is 10.7. The van der Waals surface area contributed by atoms with E-state index in [0.717, 1.165) is 13.2 Å². The molecule has 0 saturated carbocycles. The van der Waals surface area contributed by atoms with E-state index < -0.39 is 0 Å². The van der Waals surface area contributed by atoms with Crippen LogP contribution in [0.4, 0.5) is 0 Å². The van der Waals surface area contributed by atoms with Crippen LogP contribution in [0, 0.1) is 5.92 Å². The van der Waals surface area contributed by atoms with Gasteiger partial charge in [-0.15, -0.1) is 0 Å². The molecule has 0 aliphatic rings. The van der Waals surface area contributed by atoms with Crippen LogP contribution in [0.1, 0.15) is 27.7 Å². The number of thiocarbonyl (C=S) groups is 1. The minimum Gasteiger partial charge on any atom is -0.379 e. The molecule has 0 aromatic carbocycles. The second kappa shape index (κ2) is 8.00. The highest BCUT2D eigenvalue weighted by molar-refractivity contribution is 7.80. The van der Waals surface area contributed by atoms with Crippen LogP contribution in [0.3, 0.4) is 0 Å². The van der Waals surface area contributed by atoms with Crippen molar-refractivity contribution in [3.63, 3.8) is 0 Å². The quantitative estimate of drug-likeness (QED) is 0.523. The Morgan fingerprint density at radius 3 is 2.43 bits per heavy atom. The maximum atomic E-state index is 5.40. The number of nitrogens with one attached hydrogen (secondary N) is 2. The third kappa shape index (κ3) is 9.74. The van der Waals surface area contributed by atoms with Gasteiger partial charge in [0.1, 0.15) is 0 Å². The maximum Gasteiger partial charge on any atom is 0.166 e. The number of rotatable bonds is 6. The van der Waals surface area contributed by atoms with E-state index in [1.807, 2.05) is 0 Å². The largest absolute Gasteiger partial charge is 0.379 e. The molecule has 0 saturated heterocycles. The van der Waals surface area contributed by atoms with Crippen LogP contribution >= 0.6 is 12.2 Å². The summed E-state index contributed by atoms with van der Waals surface area (Å²) in [7, 11) is 0. The molecular weight excluding hydrogens is 196 g/mol. The van der Waals surface area contributed by atoms with Crippen molar-refractivity contribution in [3.8, 4) is 0 Å². The Balaban J connectivity index is 3.23. The van der Waals surface area contributed by atoms with Crippen molar-refractivity contribution in [3.05, 3.63) is 0 Å². The van der Waals surface area contributed by atoms with Crippen molar-refractivity contribution in [2.45, 2.75) is 33.7 Å². The highest BCUT2D eigenvalue weighted by atomic mass is 32.1. The van der Waals surface area contributed by atoms with Crippen LogP contribution in [0.25, 0.3) is 0 Å². The zero-order valence-corrected chi connectivity index (χ0v) is 10.4. The van der Waals surface area contributed by atoms with Gasteiger partial charge >= 0.3 is 0 Å². The minimum atomic E-state index is 0.381. The molecule has 14 heavy (non-hydrogen) atoms.